The van der Waals surface area contributed by atoms with Crippen molar-refractivity contribution < 1.29 is 19.4 Å². The molecule has 0 aromatic heterocycles. The molecule has 0 bridgehead atoms. The highest BCUT2D eigenvalue weighted by atomic mass is 16.6. The number of carboxylic acids is 1. The van der Waals surface area contributed by atoms with E-state index in [1.54, 1.807) is 27.7 Å². The van der Waals surface area contributed by atoms with Gasteiger partial charge in [0.05, 0.1) is 0 Å². The van der Waals surface area contributed by atoms with Gasteiger partial charge in [-0.05, 0) is 34.1 Å². The third-order valence-electron chi connectivity index (χ3n) is 4.09. The minimum absolute atomic E-state index is 0.452. The van der Waals surface area contributed by atoms with E-state index in [2.05, 4.69) is 17.8 Å². The topological polar surface area (TPSA) is 87.7 Å². The smallest absolute Gasteiger partial charge is 0.422 e. The normalized spacial score (nSPS) is 14.0. The number of rotatable bonds is 13. The predicted molar refractivity (Wildman–Crippen MR) is 100 cm³/mol. The van der Waals surface area contributed by atoms with Crippen molar-refractivity contribution in [3.63, 3.8) is 0 Å². The zero-order valence-corrected chi connectivity index (χ0v) is 16.7. The van der Waals surface area contributed by atoms with E-state index >= 15 is 0 Å². The molecule has 0 spiro atoms. The summed E-state index contributed by atoms with van der Waals surface area (Å²) in [4.78, 5) is 23.2. The van der Waals surface area contributed by atoms with Crippen LogP contribution in [-0.4, -0.2) is 28.3 Å². The molecule has 1 amide bonds. The summed E-state index contributed by atoms with van der Waals surface area (Å²) >= 11 is 0. The quantitative estimate of drug-likeness (QED) is 0.326. The second-order valence-corrected chi connectivity index (χ2v) is 7.97. The van der Waals surface area contributed by atoms with Crippen molar-refractivity contribution in [2.45, 2.75) is 110 Å². The molecule has 25 heavy (non-hydrogen) atoms. The fraction of sp³-hybridized carbons (Fsp3) is 0.895. The van der Waals surface area contributed by atoms with Gasteiger partial charge in [0.2, 0.25) is 0 Å². The van der Waals surface area contributed by atoms with Crippen LogP contribution in [0.3, 0.4) is 0 Å². The molecule has 0 fully saturated rings. The number of nitrogens with one attached hydrogen (secondary N) is 2. The van der Waals surface area contributed by atoms with Crippen LogP contribution in [0.25, 0.3) is 0 Å². The highest BCUT2D eigenvalue weighted by Crippen LogP contribution is 2.17. The van der Waals surface area contributed by atoms with Crippen molar-refractivity contribution in [1.82, 2.24) is 10.9 Å². The van der Waals surface area contributed by atoms with E-state index in [1.807, 2.05) is 0 Å². The maximum absolute atomic E-state index is 11.7. The van der Waals surface area contributed by atoms with E-state index in [0.717, 1.165) is 19.3 Å². The highest BCUT2D eigenvalue weighted by molar-refractivity contribution is 5.78. The molecule has 0 saturated carbocycles. The van der Waals surface area contributed by atoms with E-state index in [0.29, 0.717) is 6.42 Å². The Balaban J connectivity index is 4.03. The van der Waals surface area contributed by atoms with Crippen molar-refractivity contribution >= 4 is 12.1 Å². The van der Waals surface area contributed by atoms with Gasteiger partial charge in [-0.2, -0.15) is 0 Å². The summed E-state index contributed by atoms with van der Waals surface area (Å²) in [7, 11) is 0. The average molecular weight is 359 g/mol. The maximum Gasteiger partial charge on any atom is 0.422 e. The number of hydrazine groups is 1. The molecule has 0 aromatic rings. The van der Waals surface area contributed by atoms with E-state index in [-0.39, 0.29) is 0 Å². The number of carbonyl (C=O) groups is 2. The molecule has 1 atom stereocenters. The molecule has 0 saturated heterocycles. The summed E-state index contributed by atoms with van der Waals surface area (Å²) in [5, 5.41) is 9.45. The van der Waals surface area contributed by atoms with Crippen molar-refractivity contribution in [2.24, 2.45) is 0 Å². The number of ether oxygens (including phenoxy) is 1. The van der Waals surface area contributed by atoms with E-state index < -0.39 is 23.2 Å². The molecule has 0 heterocycles. The van der Waals surface area contributed by atoms with Gasteiger partial charge in [-0.15, -0.1) is 0 Å². The predicted octanol–water partition coefficient (Wildman–Crippen LogP) is 4.78. The number of hydrogen-bond donors (Lipinski definition) is 3. The van der Waals surface area contributed by atoms with Gasteiger partial charge in [0.1, 0.15) is 11.1 Å². The fourth-order valence-electron chi connectivity index (χ4n) is 2.50. The Morgan fingerprint density at radius 1 is 0.880 bits per heavy atom. The molecule has 0 rings (SSSR count). The molecule has 0 aliphatic heterocycles. The molecule has 0 aliphatic carbocycles. The summed E-state index contributed by atoms with van der Waals surface area (Å²) in [5.41, 5.74) is 3.15. The Morgan fingerprint density at radius 2 is 1.36 bits per heavy atom. The van der Waals surface area contributed by atoms with Crippen LogP contribution in [0.4, 0.5) is 4.79 Å². The lowest BCUT2D eigenvalue weighted by atomic mass is 9.94. The van der Waals surface area contributed by atoms with Crippen molar-refractivity contribution in [2.75, 3.05) is 0 Å². The Bertz CT molecular complexity index is 393. The largest absolute Gasteiger partial charge is 0.480 e. The Morgan fingerprint density at radius 3 is 1.80 bits per heavy atom. The lowest BCUT2D eigenvalue weighted by Crippen LogP contribution is -2.57. The minimum Gasteiger partial charge on any atom is -0.480 e. The molecular weight excluding hydrogens is 320 g/mol. The Kier molecular flexibility index (Phi) is 11.5. The molecule has 148 valence electrons. The second kappa shape index (κ2) is 12.1. The zero-order valence-electron chi connectivity index (χ0n) is 16.7. The molecular formula is C19H38N2O4. The number of hydrogen-bond acceptors (Lipinski definition) is 4. The van der Waals surface area contributed by atoms with Crippen LogP contribution in [0, 0.1) is 0 Å². The van der Waals surface area contributed by atoms with Gasteiger partial charge >= 0.3 is 12.1 Å². The van der Waals surface area contributed by atoms with Crippen LogP contribution in [-0.2, 0) is 9.53 Å². The third-order valence-corrected chi connectivity index (χ3v) is 4.09. The number of aliphatic carboxylic acids is 1. The van der Waals surface area contributed by atoms with E-state index in [1.165, 1.54) is 38.5 Å². The van der Waals surface area contributed by atoms with Gasteiger partial charge < -0.3 is 9.84 Å². The van der Waals surface area contributed by atoms with E-state index in [9.17, 15) is 14.7 Å². The number of amides is 1. The molecule has 0 aliphatic rings. The van der Waals surface area contributed by atoms with Gasteiger partial charge in [0.15, 0.2) is 0 Å². The van der Waals surface area contributed by atoms with Crippen LogP contribution in [0.1, 0.15) is 98.8 Å². The highest BCUT2D eigenvalue weighted by Gasteiger charge is 2.33. The Labute approximate surface area is 153 Å². The monoisotopic (exact) mass is 358 g/mol. The lowest BCUT2D eigenvalue weighted by molar-refractivity contribution is -0.145. The Hall–Kier alpha value is -1.30. The third kappa shape index (κ3) is 12.7. The second-order valence-electron chi connectivity index (χ2n) is 7.97. The fourth-order valence-corrected chi connectivity index (χ4v) is 2.50. The van der Waals surface area contributed by atoms with Gasteiger partial charge in [-0.25, -0.2) is 10.2 Å². The van der Waals surface area contributed by atoms with Crippen LogP contribution < -0.4 is 10.9 Å². The van der Waals surface area contributed by atoms with Gasteiger partial charge in [0.25, 0.3) is 0 Å². The molecule has 6 nitrogen and oxygen atoms in total. The summed E-state index contributed by atoms with van der Waals surface area (Å²) in [6, 6.07) is 0. The first kappa shape index (κ1) is 23.7. The van der Waals surface area contributed by atoms with Gasteiger partial charge in [0, 0.05) is 0 Å². The van der Waals surface area contributed by atoms with Crippen LogP contribution >= 0.6 is 0 Å². The molecule has 6 heteroatoms. The lowest BCUT2D eigenvalue weighted by Gasteiger charge is -2.27. The van der Waals surface area contributed by atoms with Crippen LogP contribution in [0.5, 0.6) is 0 Å². The summed E-state index contributed by atoms with van der Waals surface area (Å²) in [6.07, 6.45) is 10.4. The van der Waals surface area contributed by atoms with Gasteiger partial charge in [-0.1, -0.05) is 64.7 Å². The SMILES string of the molecule is CCCCCCCCCCCC(C)(NNC(=O)OC(C)(C)C)C(=O)O. The maximum atomic E-state index is 11.7. The number of carbonyl (C=O) groups excluding carboxylic acids is 1. The number of unbranched alkanes of at least 4 members (excludes halogenated alkanes) is 8. The molecule has 0 radical (unpaired) electrons. The van der Waals surface area contributed by atoms with Crippen molar-refractivity contribution in [3.8, 4) is 0 Å². The summed E-state index contributed by atoms with van der Waals surface area (Å²) < 4.78 is 5.11. The molecule has 0 aromatic carbocycles. The average Bonchev–Trinajstić information content (AvgIpc) is 2.49. The zero-order chi connectivity index (χ0) is 19.3. The van der Waals surface area contributed by atoms with E-state index in [4.69, 9.17) is 4.74 Å². The first-order valence-corrected chi connectivity index (χ1v) is 9.60. The first-order valence-electron chi connectivity index (χ1n) is 9.60. The first-order chi connectivity index (χ1) is 11.6. The standard InChI is InChI=1S/C19H38N2O4/c1-6-7-8-9-10-11-12-13-14-15-19(5,16(22)23)21-20-17(24)25-18(2,3)4/h21H,6-15H2,1-5H3,(H,20,24)(H,22,23). The van der Waals surface area contributed by atoms with Gasteiger partial charge in [-0.3, -0.25) is 10.2 Å². The molecule has 1 unspecified atom stereocenters. The molecule has 3 N–H and O–H groups in total. The van der Waals surface area contributed by atoms with Crippen LogP contribution in [0.15, 0.2) is 0 Å². The summed E-state index contributed by atoms with van der Waals surface area (Å²) in [5.74, 6) is -0.983. The van der Waals surface area contributed by atoms with Crippen LogP contribution in [0.2, 0.25) is 0 Å². The number of carboxylic acid groups (broad SMARTS) is 1. The van der Waals surface area contributed by atoms with Crippen molar-refractivity contribution in [3.05, 3.63) is 0 Å². The minimum atomic E-state index is -1.20. The van der Waals surface area contributed by atoms with Crippen molar-refractivity contribution in [1.29, 1.82) is 0 Å². The summed E-state index contributed by atoms with van der Waals surface area (Å²) in [6.45, 7) is 9.06.